The number of nitrogens with zero attached hydrogens (tertiary/aromatic N) is 1. The first-order valence-electron chi connectivity index (χ1n) is 5.61. The molecule has 1 aromatic heterocycles. The minimum Gasteiger partial charge on any atom is -0.507 e. The second-order valence-electron chi connectivity index (χ2n) is 4.23. The number of phenols is 1. The van der Waals surface area contributed by atoms with E-state index in [0.29, 0.717) is 16.6 Å². The van der Waals surface area contributed by atoms with Crippen molar-refractivity contribution in [1.82, 2.24) is 4.98 Å². The molecule has 0 bridgehead atoms. The van der Waals surface area contributed by atoms with Crippen molar-refractivity contribution >= 4 is 22.6 Å². The Bertz CT molecular complexity index is 674. The maximum Gasteiger partial charge on any atom is 0.303 e. The molecule has 0 spiro atoms. The summed E-state index contributed by atoms with van der Waals surface area (Å²) in [5.74, 6) is -1.05. The Morgan fingerprint density at radius 2 is 2.16 bits per heavy atom. The lowest BCUT2D eigenvalue weighted by molar-refractivity contribution is -0.383. The number of aromatic amines is 1. The predicted molar refractivity (Wildman–Crippen MR) is 67.3 cm³/mol. The Labute approximate surface area is 107 Å². The highest BCUT2D eigenvalue weighted by Gasteiger charge is 2.21. The van der Waals surface area contributed by atoms with Crippen molar-refractivity contribution < 1.29 is 19.9 Å². The summed E-state index contributed by atoms with van der Waals surface area (Å²) in [5.41, 5.74) is 1.31. The first-order valence-corrected chi connectivity index (χ1v) is 5.61. The summed E-state index contributed by atoms with van der Waals surface area (Å²) in [6.07, 6.45) is 0.103. The predicted octanol–water partition coefficient (Wildman–Crippen LogP) is 2.11. The van der Waals surface area contributed by atoms with Gasteiger partial charge in [-0.3, -0.25) is 14.9 Å². The molecule has 0 aliphatic carbocycles. The SMILES string of the molecule is Cc1[nH]c2c([N+](=O)[O-])ccc(O)c2c1CCC(=O)O. The number of carboxylic acid groups (broad SMARTS) is 1. The van der Waals surface area contributed by atoms with Crippen LogP contribution in [0.15, 0.2) is 12.1 Å². The number of fused-ring (bicyclic) bond motifs is 1. The second-order valence-corrected chi connectivity index (χ2v) is 4.23. The molecule has 0 aliphatic heterocycles. The van der Waals surface area contributed by atoms with Gasteiger partial charge in [-0.05, 0) is 25.0 Å². The minimum absolute atomic E-state index is 0.0923. The largest absolute Gasteiger partial charge is 0.507 e. The fourth-order valence-electron chi connectivity index (χ4n) is 2.16. The van der Waals surface area contributed by atoms with Crippen molar-refractivity contribution in [2.75, 3.05) is 0 Å². The zero-order valence-electron chi connectivity index (χ0n) is 10.1. The van der Waals surface area contributed by atoms with Crippen molar-refractivity contribution in [1.29, 1.82) is 0 Å². The number of aliphatic carboxylic acids is 1. The lowest BCUT2D eigenvalue weighted by atomic mass is 10.0. The molecule has 3 N–H and O–H groups in total. The number of aryl methyl sites for hydroxylation is 2. The lowest BCUT2D eigenvalue weighted by Gasteiger charge is -2.01. The second kappa shape index (κ2) is 4.60. The molecule has 2 rings (SSSR count). The van der Waals surface area contributed by atoms with Gasteiger partial charge in [0.25, 0.3) is 5.69 Å². The Kier molecular flexibility index (Phi) is 3.12. The van der Waals surface area contributed by atoms with Gasteiger partial charge in [-0.15, -0.1) is 0 Å². The molecule has 0 saturated heterocycles. The highest BCUT2D eigenvalue weighted by Crippen LogP contribution is 2.36. The van der Waals surface area contributed by atoms with Crippen LogP contribution in [0.2, 0.25) is 0 Å². The van der Waals surface area contributed by atoms with Crippen molar-refractivity contribution in [3.05, 3.63) is 33.5 Å². The van der Waals surface area contributed by atoms with E-state index < -0.39 is 10.9 Å². The lowest BCUT2D eigenvalue weighted by Crippen LogP contribution is -1.98. The number of aromatic nitrogens is 1. The summed E-state index contributed by atoms with van der Waals surface area (Å²) in [5, 5.41) is 29.8. The van der Waals surface area contributed by atoms with Crippen molar-refractivity contribution in [2.24, 2.45) is 0 Å². The molecule has 0 unspecified atom stereocenters. The van der Waals surface area contributed by atoms with Gasteiger partial charge in [-0.1, -0.05) is 0 Å². The molecule has 0 atom stereocenters. The summed E-state index contributed by atoms with van der Waals surface area (Å²) in [7, 11) is 0. The van der Waals surface area contributed by atoms with E-state index in [2.05, 4.69) is 4.98 Å². The first-order chi connectivity index (χ1) is 8.91. The molecule has 7 heteroatoms. The number of nitro benzene ring substituents is 1. The van der Waals surface area contributed by atoms with Gasteiger partial charge in [0.15, 0.2) is 0 Å². The summed E-state index contributed by atoms with van der Waals surface area (Å²) >= 11 is 0. The third kappa shape index (κ3) is 2.22. The van der Waals surface area contributed by atoms with Gasteiger partial charge in [0, 0.05) is 18.2 Å². The average molecular weight is 264 g/mol. The first kappa shape index (κ1) is 12.9. The number of phenolic OH excluding ortho intramolecular Hbond substituents is 1. The average Bonchev–Trinajstić information content (AvgIpc) is 2.63. The topological polar surface area (TPSA) is 116 Å². The molecule has 1 heterocycles. The molecule has 0 fully saturated rings. The smallest absolute Gasteiger partial charge is 0.303 e. The normalized spacial score (nSPS) is 10.8. The van der Waals surface area contributed by atoms with E-state index in [1.165, 1.54) is 12.1 Å². The van der Waals surface area contributed by atoms with E-state index in [9.17, 15) is 20.0 Å². The highest BCUT2D eigenvalue weighted by molar-refractivity contribution is 5.96. The van der Waals surface area contributed by atoms with E-state index in [-0.39, 0.29) is 29.8 Å². The molecule has 0 aliphatic rings. The Morgan fingerprint density at radius 3 is 2.74 bits per heavy atom. The molecule has 2 aromatic rings. The van der Waals surface area contributed by atoms with Gasteiger partial charge in [-0.25, -0.2) is 0 Å². The summed E-state index contributed by atoms with van der Waals surface area (Å²) < 4.78 is 0. The number of non-ortho nitro benzene ring substituents is 1. The van der Waals surface area contributed by atoms with Gasteiger partial charge in [-0.2, -0.15) is 0 Å². The van der Waals surface area contributed by atoms with E-state index in [0.717, 1.165) is 0 Å². The van der Waals surface area contributed by atoms with E-state index in [1.807, 2.05) is 0 Å². The van der Waals surface area contributed by atoms with Crippen LogP contribution in [-0.4, -0.2) is 26.1 Å². The van der Waals surface area contributed by atoms with Crippen LogP contribution in [0.25, 0.3) is 10.9 Å². The van der Waals surface area contributed by atoms with Crippen LogP contribution in [0, 0.1) is 17.0 Å². The Balaban J connectivity index is 2.65. The van der Waals surface area contributed by atoms with Crippen LogP contribution in [-0.2, 0) is 11.2 Å². The standard InChI is InChI=1S/C12H12N2O5/c1-6-7(2-5-10(16)17)11-9(15)4-3-8(14(18)19)12(11)13-6/h3-4,13,15H,2,5H2,1H3,(H,16,17). The molecular weight excluding hydrogens is 252 g/mol. The van der Waals surface area contributed by atoms with Gasteiger partial charge < -0.3 is 15.2 Å². The van der Waals surface area contributed by atoms with Crippen molar-refractivity contribution in [3.8, 4) is 5.75 Å². The number of H-pyrrole nitrogens is 1. The van der Waals surface area contributed by atoms with Crippen molar-refractivity contribution in [3.63, 3.8) is 0 Å². The number of rotatable bonds is 4. The van der Waals surface area contributed by atoms with Gasteiger partial charge in [0.05, 0.1) is 10.3 Å². The third-order valence-electron chi connectivity index (χ3n) is 3.01. The number of nitrogens with one attached hydrogen (secondary N) is 1. The molecule has 0 radical (unpaired) electrons. The minimum atomic E-state index is -0.960. The zero-order valence-corrected chi connectivity index (χ0v) is 10.1. The van der Waals surface area contributed by atoms with Crippen LogP contribution in [0.3, 0.4) is 0 Å². The molecule has 100 valence electrons. The monoisotopic (exact) mass is 264 g/mol. The number of nitro groups is 1. The molecule has 7 nitrogen and oxygen atoms in total. The summed E-state index contributed by atoms with van der Waals surface area (Å²) in [6, 6.07) is 2.46. The summed E-state index contributed by atoms with van der Waals surface area (Å²) in [4.78, 5) is 23.8. The number of hydrogen-bond acceptors (Lipinski definition) is 4. The van der Waals surface area contributed by atoms with Gasteiger partial charge >= 0.3 is 5.97 Å². The van der Waals surface area contributed by atoms with E-state index in [4.69, 9.17) is 5.11 Å². The fraction of sp³-hybridized carbons (Fsp3) is 0.250. The van der Waals surface area contributed by atoms with Crippen LogP contribution >= 0.6 is 0 Å². The molecule has 1 aromatic carbocycles. The number of hydrogen-bond donors (Lipinski definition) is 3. The number of carboxylic acids is 1. The molecule has 0 amide bonds. The van der Waals surface area contributed by atoms with Gasteiger partial charge in [0.2, 0.25) is 0 Å². The highest BCUT2D eigenvalue weighted by atomic mass is 16.6. The van der Waals surface area contributed by atoms with Crippen LogP contribution < -0.4 is 0 Å². The zero-order chi connectivity index (χ0) is 14.2. The number of aromatic hydroxyl groups is 1. The van der Waals surface area contributed by atoms with Crippen LogP contribution in [0.1, 0.15) is 17.7 Å². The molecular formula is C12H12N2O5. The Hall–Kier alpha value is -2.57. The van der Waals surface area contributed by atoms with Crippen LogP contribution in [0.4, 0.5) is 5.69 Å². The van der Waals surface area contributed by atoms with Crippen LogP contribution in [0.5, 0.6) is 5.75 Å². The van der Waals surface area contributed by atoms with E-state index in [1.54, 1.807) is 6.92 Å². The van der Waals surface area contributed by atoms with Crippen molar-refractivity contribution in [2.45, 2.75) is 19.8 Å². The third-order valence-corrected chi connectivity index (χ3v) is 3.01. The van der Waals surface area contributed by atoms with Gasteiger partial charge in [0.1, 0.15) is 11.3 Å². The van der Waals surface area contributed by atoms with E-state index >= 15 is 0 Å². The number of benzene rings is 1. The number of carbonyl (C=O) groups is 1. The maximum atomic E-state index is 10.9. The molecule has 0 saturated carbocycles. The molecule has 19 heavy (non-hydrogen) atoms. The fourth-order valence-corrected chi connectivity index (χ4v) is 2.16. The quantitative estimate of drug-likeness (QED) is 0.577. The summed E-state index contributed by atoms with van der Waals surface area (Å²) in [6.45, 7) is 1.69. The Morgan fingerprint density at radius 1 is 1.47 bits per heavy atom. The maximum absolute atomic E-state index is 10.9.